The van der Waals surface area contributed by atoms with Crippen molar-refractivity contribution in [2.45, 2.75) is 109 Å². The summed E-state index contributed by atoms with van der Waals surface area (Å²) in [5.74, 6) is 0.289. The van der Waals surface area contributed by atoms with E-state index in [0.29, 0.717) is 19.3 Å². The van der Waals surface area contributed by atoms with Crippen LogP contribution >= 0.6 is 15.4 Å². The van der Waals surface area contributed by atoms with Gasteiger partial charge in [-0.15, -0.1) is 0 Å². The van der Waals surface area contributed by atoms with Gasteiger partial charge in [-0.3, -0.25) is 13.6 Å². The number of phosphoric ester groups is 1. The lowest BCUT2D eigenvalue weighted by Crippen LogP contribution is -2.29. The second-order valence-corrected chi connectivity index (χ2v) is 12.7. The summed E-state index contributed by atoms with van der Waals surface area (Å²) >= 11 is 0. The van der Waals surface area contributed by atoms with Crippen LogP contribution in [0.3, 0.4) is 0 Å². The van der Waals surface area contributed by atoms with Gasteiger partial charge < -0.3 is 33.6 Å². The van der Waals surface area contributed by atoms with Gasteiger partial charge in [0.15, 0.2) is 6.29 Å². The van der Waals surface area contributed by atoms with Gasteiger partial charge in [0.05, 0.1) is 43.3 Å². The van der Waals surface area contributed by atoms with Gasteiger partial charge in [0.2, 0.25) is 0 Å². The predicted octanol–water partition coefficient (Wildman–Crippen LogP) is 2.96. The maximum Gasteiger partial charge on any atom is 0.472 e. The van der Waals surface area contributed by atoms with Crippen molar-refractivity contribution in [1.82, 2.24) is 0 Å². The maximum absolute atomic E-state index is 12.7. The molecule has 0 bridgehead atoms. The topological polar surface area (TPSA) is 150 Å². The molecule has 11 nitrogen and oxygen atoms in total. The van der Waals surface area contributed by atoms with E-state index in [1.807, 2.05) is 27.7 Å². The Balaban J connectivity index is 1.50. The number of hydrogen-bond acceptors (Lipinski definition) is 9. The molecule has 13 heteroatoms. The molecule has 0 aromatic carbocycles. The van der Waals surface area contributed by atoms with Gasteiger partial charge in [-0.2, -0.15) is 0 Å². The molecule has 0 aromatic heterocycles. The second-order valence-electron chi connectivity index (χ2n) is 9.39. The van der Waals surface area contributed by atoms with Crippen molar-refractivity contribution in [3.8, 4) is 0 Å². The molecule has 11 atom stereocenters. The summed E-state index contributed by atoms with van der Waals surface area (Å²) in [4.78, 5) is 20.5. The van der Waals surface area contributed by atoms with Crippen LogP contribution in [-0.2, 0) is 36.9 Å². The average molecular weight is 516 g/mol. The van der Waals surface area contributed by atoms with Gasteiger partial charge in [0, 0.05) is 12.8 Å². The summed E-state index contributed by atoms with van der Waals surface area (Å²) in [6.07, 6.45) is -2.00. The fourth-order valence-electron chi connectivity index (χ4n) is 4.78. The molecule has 0 saturated carbocycles. The Morgan fingerprint density at radius 1 is 0.879 bits per heavy atom. The van der Waals surface area contributed by atoms with E-state index >= 15 is 0 Å². The molecule has 3 N–H and O–H groups in total. The van der Waals surface area contributed by atoms with Crippen molar-refractivity contribution in [2.24, 2.45) is 5.92 Å². The molecule has 194 valence electrons. The van der Waals surface area contributed by atoms with Crippen LogP contribution in [-0.4, -0.2) is 76.7 Å². The summed E-state index contributed by atoms with van der Waals surface area (Å²) in [6.45, 7) is 7.32. The Morgan fingerprint density at radius 3 is 2.15 bits per heavy atom. The van der Waals surface area contributed by atoms with Crippen LogP contribution < -0.4 is 0 Å². The van der Waals surface area contributed by atoms with Crippen LogP contribution in [0.4, 0.5) is 0 Å². The molecule has 3 aliphatic heterocycles. The maximum atomic E-state index is 12.7. The number of rotatable bonds is 11. The minimum atomic E-state index is -4.45. The van der Waals surface area contributed by atoms with Gasteiger partial charge in [-0.25, -0.2) is 4.57 Å². The summed E-state index contributed by atoms with van der Waals surface area (Å²) < 4.78 is 57.6. The third kappa shape index (κ3) is 8.05. The summed E-state index contributed by atoms with van der Waals surface area (Å²) in [5, 5.41) is 9.86. The van der Waals surface area contributed by atoms with Gasteiger partial charge in [-0.05, 0) is 39.0 Å². The molecule has 33 heavy (non-hydrogen) atoms. The summed E-state index contributed by atoms with van der Waals surface area (Å²) in [7, 11) is -8.47. The molecular weight excluding hydrogens is 478 g/mol. The smallest absolute Gasteiger partial charge is 0.375 e. The highest BCUT2D eigenvalue weighted by Crippen LogP contribution is 2.50. The minimum absolute atomic E-state index is 0.0611. The van der Waals surface area contributed by atoms with Crippen molar-refractivity contribution < 1.29 is 51.8 Å². The molecule has 0 aliphatic carbocycles. The van der Waals surface area contributed by atoms with Crippen molar-refractivity contribution in [3.63, 3.8) is 0 Å². The van der Waals surface area contributed by atoms with Gasteiger partial charge in [-0.1, -0.05) is 13.8 Å². The highest BCUT2D eigenvalue weighted by molar-refractivity contribution is 7.52. The zero-order valence-electron chi connectivity index (χ0n) is 19.6. The first-order chi connectivity index (χ1) is 15.4. The van der Waals surface area contributed by atoms with E-state index in [-0.39, 0.29) is 42.9 Å². The lowest BCUT2D eigenvalue weighted by Gasteiger charge is -2.24. The van der Waals surface area contributed by atoms with Crippen LogP contribution in [0.1, 0.15) is 59.8 Å². The van der Waals surface area contributed by atoms with Crippen molar-refractivity contribution in [1.29, 1.82) is 0 Å². The second kappa shape index (κ2) is 11.4. The van der Waals surface area contributed by atoms with Crippen LogP contribution in [0, 0.1) is 5.92 Å². The average Bonchev–Trinajstić information content (AvgIpc) is 3.33. The largest absolute Gasteiger partial charge is 0.472 e. The normalized spacial score (nSPS) is 42.9. The number of aliphatic hydroxyl groups is 1. The molecule has 3 rings (SSSR count). The predicted molar refractivity (Wildman–Crippen MR) is 118 cm³/mol. The molecule has 3 saturated heterocycles. The highest BCUT2D eigenvalue weighted by atomic mass is 31.2. The Bertz CT molecular complexity index is 737. The SMILES string of the molecule is CC[C@H]1O[C@@H](C)C[C@H]1OP(=O)(O)OC[C@H]1O[C@@H](O)C[C@H]1OP(=O)(O)CC[C@H]1O[C@@H](C)C[C@H]1C. The quantitative estimate of drug-likeness (QED) is 0.348. The molecule has 0 spiro atoms. The number of phosphoric acid groups is 1. The monoisotopic (exact) mass is 516 g/mol. The fraction of sp³-hybridized carbons (Fsp3) is 1.00. The molecule has 2 unspecified atom stereocenters. The first kappa shape index (κ1) is 27.7. The van der Waals surface area contributed by atoms with E-state index in [1.54, 1.807) is 0 Å². The van der Waals surface area contributed by atoms with Crippen LogP contribution in [0.15, 0.2) is 0 Å². The molecule has 3 fully saturated rings. The van der Waals surface area contributed by atoms with E-state index in [1.165, 1.54) is 0 Å². The van der Waals surface area contributed by atoms with Gasteiger partial charge in [0.1, 0.15) is 12.2 Å². The van der Waals surface area contributed by atoms with E-state index < -0.39 is 46.6 Å². The van der Waals surface area contributed by atoms with Gasteiger partial charge >= 0.3 is 15.4 Å². The minimum Gasteiger partial charge on any atom is -0.375 e. The summed E-state index contributed by atoms with van der Waals surface area (Å²) in [5.41, 5.74) is 0. The highest BCUT2D eigenvalue weighted by Gasteiger charge is 2.43. The van der Waals surface area contributed by atoms with E-state index in [9.17, 15) is 24.0 Å². The van der Waals surface area contributed by atoms with Crippen molar-refractivity contribution in [3.05, 3.63) is 0 Å². The van der Waals surface area contributed by atoms with Crippen LogP contribution in [0.5, 0.6) is 0 Å². The van der Waals surface area contributed by atoms with Crippen LogP contribution in [0.25, 0.3) is 0 Å². The number of aliphatic hydroxyl groups excluding tert-OH is 1. The molecular formula is C20H38O11P2. The molecule has 0 radical (unpaired) electrons. The Labute approximate surface area is 195 Å². The molecule has 0 amide bonds. The standard InChI is InChI=1S/C20H38O11P2/c1-5-15-17(9-14(4)27-15)31-33(24,25)26-11-19-18(10-20(21)29-19)30-32(22,23)7-6-16-12(2)8-13(3)28-16/h12-21H,5-11H2,1-4H3,(H,22,23)(H,24,25)/t12-,13+,14+,15-,16-,17-,18-,19-,20-/m1/s1. The Kier molecular flexibility index (Phi) is 9.60. The van der Waals surface area contributed by atoms with Crippen molar-refractivity contribution in [2.75, 3.05) is 12.8 Å². The van der Waals surface area contributed by atoms with Crippen LogP contribution in [0.2, 0.25) is 0 Å². The first-order valence-corrected chi connectivity index (χ1v) is 14.9. The summed E-state index contributed by atoms with van der Waals surface area (Å²) in [6, 6.07) is 0. The van der Waals surface area contributed by atoms with E-state index in [2.05, 4.69) is 0 Å². The number of ether oxygens (including phenoxy) is 3. The Morgan fingerprint density at radius 2 is 1.52 bits per heavy atom. The van der Waals surface area contributed by atoms with Gasteiger partial charge in [0.25, 0.3) is 0 Å². The molecule has 0 aromatic rings. The zero-order chi connectivity index (χ0) is 24.4. The fourth-order valence-corrected chi connectivity index (χ4v) is 7.07. The lowest BCUT2D eigenvalue weighted by molar-refractivity contribution is -0.107. The first-order valence-electron chi connectivity index (χ1n) is 11.7. The van der Waals surface area contributed by atoms with E-state index in [0.717, 1.165) is 6.42 Å². The lowest BCUT2D eigenvalue weighted by atomic mass is 10.0. The third-order valence-electron chi connectivity index (χ3n) is 6.38. The number of hydrogen-bond donors (Lipinski definition) is 3. The Hall–Kier alpha value is 0.1000. The zero-order valence-corrected chi connectivity index (χ0v) is 21.4. The van der Waals surface area contributed by atoms with Crippen molar-refractivity contribution >= 4 is 15.4 Å². The molecule has 3 aliphatic rings. The van der Waals surface area contributed by atoms with E-state index in [4.69, 9.17) is 27.8 Å². The third-order valence-corrected chi connectivity index (χ3v) is 8.82. The molecule has 3 heterocycles.